The molecular weight excluding hydrogens is 206 g/mol. The summed E-state index contributed by atoms with van der Waals surface area (Å²) in [6, 6.07) is 0.778. The van der Waals surface area contributed by atoms with E-state index in [4.69, 9.17) is 0 Å². The molecule has 104 valence electrons. The predicted molar refractivity (Wildman–Crippen MR) is 79.5 cm³/mol. The number of rotatable bonds is 12. The van der Waals surface area contributed by atoms with Gasteiger partial charge in [0.05, 0.1) is 0 Å². The van der Waals surface area contributed by atoms with Gasteiger partial charge < -0.3 is 5.32 Å². The summed E-state index contributed by atoms with van der Waals surface area (Å²) in [7, 11) is 0. The highest BCUT2D eigenvalue weighted by Crippen LogP contribution is 2.13. The van der Waals surface area contributed by atoms with Crippen LogP contribution in [0.2, 0.25) is 0 Å². The van der Waals surface area contributed by atoms with Gasteiger partial charge in [-0.1, -0.05) is 72.6 Å². The Hall–Kier alpha value is -0.0400. The number of unbranched alkanes of at least 4 members (excludes halogenated alkanes) is 4. The second-order valence-corrected chi connectivity index (χ2v) is 5.78. The molecule has 0 radical (unpaired) electrons. The Kier molecular flexibility index (Phi) is 12.4. The fourth-order valence-corrected chi connectivity index (χ4v) is 2.40. The Morgan fingerprint density at radius 3 is 2.00 bits per heavy atom. The molecule has 0 amide bonds. The zero-order valence-electron chi connectivity index (χ0n) is 12.7. The maximum Gasteiger partial charge on any atom is 0.00669 e. The number of nitrogens with one attached hydrogen (secondary N) is 1. The Morgan fingerprint density at radius 1 is 0.765 bits per heavy atom. The SMILES string of the molecule is CCCCCCCC(CCCC(C)C)NCC. The van der Waals surface area contributed by atoms with Crippen LogP contribution in [0, 0.1) is 5.92 Å². The van der Waals surface area contributed by atoms with Gasteiger partial charge in [0.25, 0.3) is 0 Å². The lowest BCUT2D eigenvalue weighted by Crippen LogP contribution is -2.28. The maximum atomic E-state index is 3.65. The van der Waals surface area contributed by atoms with Gasteiger partial charge in [0.2, 0.25) is 0 Å². The monoisotopic (exact) mass is 241 g/mol. The molecule has 0 aliphatic rings. The Morgan fingerprint density at radius 2 is 1.41 bits per heavy atom. The summed E-state index contributed by atoms with van der Waals surface area (Å²) in [6.45, 7) is 10.3. The molecule has 1 nitrogen and oxygen atoms in total. The quantitative estimate of drug-likeness (QED) is 0.466. The molecule has 0 aromatic rings. The van der Waals surface area contributed by atoms with Crippen LogP contribution in [0.3, 0.4) is 0 Å². The van der Waals surface area contributed by atoms with Crippen LogP contribution in [0.1, 0.15) is 85.5 Å². The molecule has 0 aromatic heterocycles. The third-order valence-electron chi connectivity index (χ3n) is 3.48. The highest BCUT2D eigenvalue weighted by Gasteiger charge is 2.07. The van der Waals surface area contributed by atoms with Crippen molar-refractivity contribution in [2.45, 2.75) is 91.5 Å². The van der Waals surface area contributed by atoms with Crippen molar-refractivity contribution in [3.05, 3.63) is 0 Å². The molecule has 0 aliphatic heterocycles. The van der Waals surface area contributed by atoms with E-state index in [-0.39, 0.29) is 0 Å². The van der Waals surface area contributed by atoms with Crippen molar-refractivity contribution in [2.75, 3.05) is 6.54 Å². The molecule has 0 bridgehead atoms. The molecule has 0 saturated heterocycles. The first-order chi connectivity index (χ1) is 8.20. The van der Waals surface area contributed by atoms with Gasteiger partial charge in [-0.15, -0.1) is 0 Å². The van der Waals surface area contributed by atoms with E-state index in [1.54, 1.807) is 0 Å². The van der Waals surface area contributed by atoms with Gasteiger partial charge in [-0.25, -0.2) is 0 Å². The molecule has 0 aromatic carbocycles. The Balaban J connectivity index is 3.52. The lowest BCUT2D eigenvalue weighted by atomic mass is 9.99. The van der Waals surface area contributed by atoms with Gasteiger partial charge in [-0.3, -0.25) is 0 Å². The second kappa shape index (κ2) is 12.4. The topological polar surface area (TPSA) is 12.0 Å². The maximum absolute atomic E-state index is 3.65. The van der Waals surface area contributed by atoms with Gasteiger partial charge in [0.15, 0.2) is 0 Å². The van der Waals surface area contributed by atoms with Crippen molar-refractivity contribution in [1.29, 1.82) is 0 Å². The number of hydrogen-bond donors (Lipinski definition) is 1. The van der Waals surface area contributed by atoms with Crippen LogP contribution < -0.4 is 5.32 Å². The fourth-order valence-electron chi connectivity index (χ4n) is 2.40. The van der Waals surface area contributed by atoms with Gasteiger partial charge in [-0.2, -0.15) is 0 Å². The van der Waals surface area contributed by atoms with E-state index in [1.165, 1.54) is 57.8 Å². The van der Waals surface area contributed by atoms with Gasteiger partial charge in [-0.05, 0) is 25.3 Å². The van der Waals surface area contributed by atoms with Crippen LogP contribution in [0.4, 0.5) is 0 Å². The van der Waals surface area contributed by atoms with Crippen molar-refractivity contribution in [3.8, 4) is 0 Å². The molecule has 1 heteroatoms. The molecule has 0 heterocycles. The number of hydrogen-bond acceptors (Lipinski definition) is 1. The van der Waals surface area contributed by atoms with E-state index < -0.39 is 0 Å². The molecule has 0 aliphatic carbocycles. The van der Waals surface area contributed by atoms with Crippen LogP contribution in [-0.4, -0.2) is 12.6 Å². The second-order valence-electron chi connectivity index (χ2n) is 5.78. The van der Waals surface area contributed by atoms with Crippen molar-refractivity contribution < 1.29 is 0 Å². The molecule has 0 saturated carbocycles. The van der Waals surface area contributed by atoms with Gasteiger partial charge in [0, 0.05) is 6.04 Å². The van der Waals surface area contributed by atoms with Crippen LogP contribution >= 0.6 is 0 Å². The first-order valence-corrected chi connectivity index (χ1v) is 7.94. The largest absolute Gasteiger partial charge is 0.314 e. The lowest BCUT2D eigenvalue weighted by Gasteiger charge is -2.18. The average molecular weight is 241 g/mol. The first-order valence-electron chi connectivity index (χ1n) is 7.94. The molecular formula is C16H35N. The molecule has 17 heavy (non-hydrogen) atoms. The average Bonchev–Trinajstić information content (AvgIpc) is 2.28. The molecule has 1 atom stereocenters. The van der Waals surface area contributed by atoms with E-state index in [1.807, 2.05) is 0 Å². The Labute approximate surface area is 110 Å². The van der Waals surface area contributed by atoms with E-state index in [2.05, 4.69) is 33.0 Å². The van der Waals surface area contributed by atoms with E-state index in [0.29, 0.717) is 0 Å². The van der Waals surface area contributed by atoms with Crippen molar-refractivity contribution >= 4 is 0 Å². The van der Waals surface area contributed by atoms with Crippen LogP contribution in [-0.2, 0) is 0 Å². The summed E-state index contributed by atoms with van der Waals surface area (Å²) in [4.78, 5) is 0. The molecule has 0 fully saturated rings. The summed E-state index contributed by atoms with van der Waals surface area (Å²) in [5, 5.41) is 3.65. The Bertz CT molecular complexity index is 142. The smallest absolute Gasteiger partial charge is 0.00669 e. The third-order valence-corrected chi connectivity index (χ3v) is 3.48. The molecule has 0 spiro atoms. The normalized spacial score (nSPS) is 13.2. The minimum Gasteiger partial charge on any atom is -0.314 e. The summed E-state index contributed by atoms with van der Waals surface area (Å²) in [5.74, 6) is 0.863. The highest BCUT2D eigenvalue weighted by atomic mass is 14.9. The first kappa shape index (κ1) is 17.0. The van der Waals surface area contributed by atoms with Crippen LogP contribution in [0.5, 0.6) is 0 Å². The minimum absolute atomic E-state index is 0.778. The molecule has 1 unspecified atom stereocenters. The summed E-state index contributed by atoms with van der Waals surface area (Å²) in [6.07, 6.45) is 12.6. The summed E-state index contributed by atoms with van der Waals surface area (Å²) in [5.41, 5.74) is 0. The van der Waals surface area contributed by atoms with E-state index >= 15 is 0 Å². The van der Waals surface area contributed by atoms with Crippen LogP contribution in [0.25, 0.3) is 0 Å². The van der Waals surface area contributed by atoms with Crippen molar-refractivity contribution in [3.63, 3.8) is 0 Å². The van der Waals surface area contributed by atoms with Crippen molar-refractivity contribution in [2.24, 2.45) is 5.92 Å². The predicted octanol–water partition coefficient (Wildman–Crippen LogP) is 5.15. The highest BCUT2D eigenvalue weighted by molar-refractivity contribution is 4.66. The lowest BCUT2D eigenvalue weighted by molar-refractivity contribution is 0.409. The zero-order valence-corrected chi connectivity index (χ0v) is 12.7. The zero-order chi connectivity index (χ0) is 12.9. The van der Waals surface area contributed by atoms with E-state index in [0.717, 1.165) is 18.5 Å². The minimum atomic E-state index is 0.778. The van der Waals surface area contributed by atoms with Crippen molar-refractivity contribution in [1.82, 2.24) is 5.32 Å². The van der Waals surface area contributed by atoms with Gasteiger partial charge in [0.1, 0.15) is 0 Å². The third kappa shape index (κ3) is 12.2. The van der Waals surface area contributed by atoms with Crippen LogP contribution in [0.15, 0.2) is 0 Å². The summed E-state index contributed by atoms with van der Waals surface area (Å²) < 4.78 is 0. The summed E-state index contributed by atoms with van der Waals surface area (Å²) >= 11 is 0. The van der Waals surface area contributed by atoms with E-state index in [9.17, 15) is 0 Å². The standard InChI is InChI=1S/C16H35N/c1-5-7-8-9-10-13-16(17-6-2)14-11-12-15(3)4/h15-17H,5-14H2,1-4H3. The molecule has 0 rings (SSSR count). The fraction of sp³-hybridized carbons (Fsp3) is 1.00. The molecule has 1 N–H and O–H groups in total. The van der Waals surface area contributed by atoms with Gasteiger partial charge >= 0.3 is 0 Å².